The highest BCUT2D eigenvalue weighted by Crippen LogP contribution is 2.27. The van der Waals surface area contributed by atoms with E-state index in [1.54, 1.807) is 0 Å². The first-order chi connectivity index (χ1) is 9.22. The number of anilines is 1. The van der Waals surface area contributed by atoms with Crippen LogP contribution in [0.3, 0.4) is 0 Å². The SMILES string of the molecule is CC(C)CC(CC(C)C)Nc1c(F)c(F)cc(F)c1F. The molecule has 1 rings (SSSR count). The molecule has 20 heavy (non-hydrogen) atoms. The van der Waals surface area contributed by atoms with Gasteiger partial charge in [-0.3, -0.25) is 0 Å². The van der Waals surface area contributed by atoms with Crippen molar-refractivity contribution < 1.29 is 17.6 Å². The monoisotopic (exact) mass is 291 g/mol. The van der Waals surface area contributed by atoms with Crippen LogP contribution in [0.2, 0.25) is 0 Å². The second-order valence-corrected chi connectivity index (χ2v) is 5.94. The summed E-state index contributed by atoms with van der Waals surface area (Å²) >= 11 is 0. The average molecular weight is 291 g/mol. The van der Waals surface area contributed by atoms with Crippen LogP contribution < -0.4 is 5.32 Å². The molecule has 0 heterocycles. The molecule has 0 spiro atoms. The molecular weight excluding hydrogens is 270 g/mol. The van der Waals surface area contributed by atoms with E-state index in [1.807, 2.05) is 27.7 Å². The van der Waals surface area contributed by atoms with Gasteiger partial charge < -0.3 is 5.32 Å². The molecule has 0 atom stereocenters. The molecule has 114 valence electrons. The minimum Gasteiger partial charge on any atom is -0.377 e. The Morgan fingerprint density at radius 1 is 0.850 bits per heavy atom. The predicted molar refractivity (Wildman–Crippen MR) is 72.6 cm³/mol. The maximum absolute atomic E-state index is 13.6. The number of nitrogens with one attached hydrogen (secondary N) is 1. The summed E-state index contributed by atoms with van der Waals surface area (Å²) in [5, 5.41) is 2.63. The van der Waals surface area contributed by atoms with Crippen LogP contribution in [0.25, 0.3) is 0 Å². The molecule has 1 nitrogen and oxygen atoms in total. The van der Waals surface area contributed by atoms with Crippen molar-refractivity contribution in [1.29, 1.82) is 0 Å². The standard InChI is InChI=1S/C15H21F4N/c1-8(2)5-10(6-9(3)4)20-15-13(18)11(16)7-12(17)14(15)19/h7-10,20H,5-6H2,1-4H3. The lowest BCUT2D eigenvalue weighted by Crippen LogP contribution is -2.25. The molecule has 0 bridgehead atoms. The van der Waals surface area contributed by atoms with Crippen LogP contribution >= 0.6 is 0 Å². The normalized spacial score (nSPS) is 11.8. The lowest BCUT2D eigenvalue weighted by molar-refractivity contribution is 0.427. The fraction of sp³-hybridized carbons (Fsp3) is 0.600. The summed E-state index contributed by atoms with van der Waals surface area (Å²) in [4.78, 5) is 0. The number of rotatable bonds is 6. The van der Waals surface area contributed by atoms with Crippen molar-refractivity contribution in [3.63, 3.8) is 0 Å². The van der Waals surface area contributed by atoms with E-state index in [2.05, 4.69) is 5.32 Å². The maximum atomic E-state index is 13.6. The Balaban J connectivity index is 3.04. The molecule has 1 N–H and O–H groups in total. The number of hydrogen-bond donors (Lipinski definition) is 1. The molecule has 1 aromatic carbocycles. The van der Waals surface area contributed by atoms with E-state index >= 15 is 0 Å². The summed E-state index contributed by atoms with van der Waals surface area (Å²) < 4.78 is 53.6. The van der Waals surface area contributed by atoms with Gasteiger partial charge in [-0.15, -0.1) is 0 Å². The van der Waals surface area contributed by atoms with Gasteiger partial charge in [0.1, 0.15) is 5.69 Å². The Morgan fingerprint density at radius 2 is 1.25 bits per heavy atom. The summed E-state index contributed by atoms with van der Waals surface area (Å²) in [6.07, 6.45) is 1.32. The van der Waals surface area contributed by atoms with E-state index in [1.165, 1.54) is 0 Å². The summed E-state index contributed by atoms with van der Waals surface area (Å²) in [7, 11) is 0. The Bertz CT molecular complexity index is 421. The minimum absolute atomic E-state index is 0.218. The molecule has 0 aliphatic carbocycles. The molecule has 0 aromatic heterocycles. The van der Waals surface area contributed by atoms with E-state index in [0.29, 0.717) is 24.7 Å². The van der Waals surface area contributed by atoms with Crippen LogP contribution in [0.5, 0.6) is 0 Å². The molecule has 0 saturated carbocycles. The van der Waals surface area contributed by atoms with Gasteiger partial charge in [0.05, 0.1) is 0 Å². The Kier molecular flexibility index (Phi) is 5.84. The van der Waals surface area contributed by atoms with Crippen molar-refractivity contribution in [3.8, 4) is 0 Å². The molecule has 1 aromatic rings. The zero-order valence-electron chi connectivity index (χ0n) is 12.2. The fourth-order valence-electron chi connectivity index (χ4n) is 2.26. The third kappa shape index (κ3) is 4.39. The smallest absolute Gasteiger partial charge is 0.185 e. The molecule has 0 aliphatic rings. The van der Waals surface area contributed by atoms with Crippen LogP contribution in [0.1, 0.15) is 40.5 Å². The Morgan fingerprint density at radius 3 is 1.60 bits per heavy atom. The quantitative estimate of drug-likeness (QED) is 0.567. The third-order valence-electron chi connectivity index (χ3n) is 2.97. The van der Waals surface area contributed by atoms with Crippen molar-refractivity contribution in [2.75, 3.05) is 5.32 Å². The summed E-state index contributed by atoms with van der Waals surface area (Å²) in [5.74, 6) is -4.92. The van der Waals surface area contributed by atoms with Gasteiger partial charge in [-0.1, -0.05) is 27.7 Å². The topological polar surface area (TPSA) is 12.0 Å². The van der Waals surface area contributed by atoms with Crippen LogP contribution in [0.15, 0.2) is 6.07 Å². The van der Waals surface area contributed by atoms with Crippen LogP contribution in [-0.2, 0) is 0 Å². The molecule has 0 fully saturated rings. The third-order valence-corrected chi connectivity index (χ3v) is 2.97. The molecule has 0 saturated heterocycles. The van der Waals surface area contributed by atoms with Gasteiger partial charge >= 0.3 is 0 Å². The van der Waals surface area contributed by atoms with E-state index in [9.17, 15) is 17.6 Å². The Hall–Kier alpha value is -1.26. The van der Waals surface area contributed by atoms with E-state index in [0.717, 1.165) is 0 Å². The van der Waals surface area contributed by atoms with Crippen LogP contribution in [0, 0.1) is 35.1 Å². The van der Waals surface area contributed by atoms with Crippen molar-refractivity contribution in [1.82, 2.24) is 0 Å². The van der Waals surface area contributed by atoms with Crippen LogP contribution in [0.4, 0.5) is 23.2 Å². The van der Waals surface area contributed by atoms with Gasteiger partial charge in [-0.2, -0.15) is 0 Å². The highest BCUT2D eigenvalue weighted by molar-refractivity contribution is 5.48. The first-order valence-corrected chi connectivity index (χ1v) is 6.81. The lowest BCUT2D eigenvalue weighted by Gasteiger charge is -2.24. The first kappa shape index (κ1) is 16.8. The van der Waals surface area contributed by atoms with Gasteiger partial charge in [-0.25, -0.2) is 17.6 Å². The highest BCUT2D eigenvalue weighted by atomic mass is 19.2. The zero-order valence-corrected chi connectivity index (χ0v) is 12.2. The summed E-state index contributed by atoms with van der Waals surface area (Å²) in [6, 6.07) is -0.0179. The molecular formula is C15H21F4N. The highest BCUT2D eigenvalue weighted by Gasteiger charge is 2.22. The van der Waals surface area contributed by atoms with E-state index in [-0.39, 0.29) is 12.1 Å². The van der Waals surface area contributed by atoms with E-state index in [4.69, 9.17) is 0 Å². The first-order valence-electron chi connectivity index (χ1n) is 6.81. The van der Waals surface area contributed by atoms with Crippen molar-refractivity contribution in [2.24, 2.45) is 11.8 Å². The van der Waals surface area contributed by atoms with Gasteiger partial charge in [0.25, 0.3) is 0 Å². The summed E-state index contributed by atoms with van der Waals surface area (Å²) in [5.41, 5.74) is -0.714. The largest absolute Gasteiger partial charge is 0.377 e. The Labute approximate surface area is 117 Å². The fourth-order valence-corrected chi connectivity index (χ4v) is 2.26. The summed E-state index contributed by atoms with van der Waals surface area (Å²) in [6.45, 7) is 7.92. The molecule has 0 radical (unpaired) electrons. The second-order valence-electron chi connectivity index (χ2n) is 5.94. The predicted octanol–water partition coefficient (Wildman–Crippen LogP) is 5.12. The van der Waals surface area contributed by atoms with Gasteiger partial charge in [-0.05, 0) is 24.7 Å². The number of benzene rings is 1. The molecule has 5 heteroatoms. The van der Waals surface area contributed by atoms with Crippen LogP contribution in [-0.4, -0.2) is 6.04 Å². The zero-order chi connectivity index (χ0) is 15.4. The number of halogens is 4. The van der Waals surface area contributed by atoms with Gasteiger partial charge in [0.2, 0.25) is 0 Å². The molecule has 0 aliphatic heterocycles. The van der Waals surface area contributed by atoms with Gasteiger partial charge in [0.15, 0.2) is 23.3 Å². The van der Waals surface area contributed by atoms with Crippen molar-refractivity contribution >= 4 is 5.69 Å². The molecule has 0 unspecified atom stereocenters. The molecule has 0 amide bonds. The average Bonchev–Trinajstić information content (AvgIpc) is 2.30. The van der Waals surface area contributed by atoms with Gasteiger partial charge in [0, 0.05) is 12.1 Å². The number of hydrogen-bond acceptors (Lipinski definition) is 1. The second kappa shape index (κ2) is 6.95. The maximum Gasteiger partial charge on any atom is 0.185 e. The van der Waals surface area contributed by atoms with Crippen molar-refractivity contribution in [3.05, 3.63) is 29.3 Å². The lowest BCUT2D eigenvalue weighted by atomic mass is 9.95. The minimum atomic E-state index is -1.39. The van der Waals surface area contributed by atoms with E-state index < -0.39 is 29.0 Å². The van der Waals surface area contributed by atoms with Crippen molar-refractivity contribution in [2.45, 2.75) is 46.6 Å².